The number of piperidine rings is 1. The zero-order valence-corrected chi connectivity index (χ0v) is 14.9. The van der Waals surface area contributed by atoms with Gasteiger partial charge in [-0.1, -0.05) is 6.07 Å². The molecular formula is C19H19N3O3S. The van der Waals surface area contributed by atoms with Crippen molar-refractivity contribution in [3.05, 3.63) is 64.1 Å². The number of aromatic carboxylic acids is 1. The number of nitrogens with zero attached hydrogens (tertiary/aromatic N) is 2. The molecule has 2 aliphatic heterocycles. The Morgan fingerprint density at radius 2 is 1.88 bits per heavy atom. The van der Waals surface area contributed by atoms with Crippen LogP contribution in [0.25, 0.3) is 0 Å². The Bertz CT molecular complexity index is 922. The first-order chi connectivity index (χ1) is 12.5. The lowest BCUT2D eigenvalue weighted by molar-refractivity contribution is 0.0697. The molecule has 0 spiro atoms. The predicted molar refractivity (Wildman–Crippen MR) is 103 cm³/mol. The number of benzene rings is 1. The van der Waals surface area contributed by atoms with Crippen LogP contribution < -0.4 is 10.9 Å². The lowest BCUT2D eigenvalue weighted by Gasteiger charge is -2.43. The molecule has 0 saturated carbocycles. The number of thiocarbonyl (C=S) groups is 1. The lowest BCUT2D eigenvalue weighted by Crippen LogP contribution is -2.50. The first-order valence-electron chi connectivity index (χ1n) is 8.60. The summed E-state index contributed by atoms with van der Waals surface area (Å²) in [6.07, 6.45) is 1.08. The van der Waals surface area contributed by atoms with Gasteiger partial charge in [0, 0.05) is 43.0 Å². The molecule has 2 atom stereocenters. The van der Waals surface area contributed by atoms with Gasteiger partial charge in [0.1, 0.15) is 0 Å². The number of carboxylic acids is 1. The first kappa shape index (κ1) is 16.8. The summed E-state index contributed by atoms with van der Waals surface area (Å²) in [6, 6.07) is 12.0. The number of hydrogen-bond acceptors (Lipinski definition) is 3. The molecule has 0 amide bonds. The molecule has 0 aliphatic carbocycles. The maximum Gasteiger partial charge on any atom is 0.335 e. The fourth-order valence-corrected chi connectivity index (χ4v) is 4.23. The monoisotopic (exact) mass is 369 g/mol. The van der Waals surface area contributed by atoms with Crippen LogP contribution >= 0.6 is 12.2 Å². The zero-order chi connectivity index (χ0) is 18.3. The molecule has 134 valence electrons. The van der Waals surface area contributed by atoms with Crippen molar-refractivity contribution in [3.63, 3.8) is 0 Å². The van der Waals surface area contributed by atoms with Crippen molar-refractivity contribution in [1.82, 2.24) is 9.47 Å². The third kappa shape index (κ3) is 3.10. The third-order valence-electron chi connectivity index (χ3n) is 5.15. The quantitative estimate of drug-likeness (QED) is 0.792. The van der Waals surface area contributed by atoms with Crippen molar-refractivity contribution in [1.29, 1.82) is 0 Å². The molecule has 2 unspecified atom stereocenters. The van der Waals surface area contributed by atoms with Crippen LogP contribution in [0.3, 0.4) is 0 Å². The predicted octanol–water partition coefficient (Wildman–Crippen LogP) is 2.36. The van der Waals surface area contributed by atoms with E-state index < -0.39 is 5.97 Å². The SMILES string of the molecule is O=C(O)c1ccc(NC(=S)N2CC3CC(C2)c2cccc(=O)n2C3)cc1. The number of fused-ring (bicyclic) bond motifs is 4. The highest BCUT2D eigenvalue weighted by Gasteiger charge is 2.35. The number of nitrogens with one attached hydrogen (secondary N) is 1. The number of likely N-dealkylation sites (tertiary alicyclic amines) is 1. The summed E-state index contributed by atoms with van der Waals surface area (Å²) in [5.74, 6) is -0.252. The van der Waals surface area contributed by atoms with Crippen LogP contribution in [0.5, 0.6) is 0 Å². The van der Waals surface area contributed by atoms with Gasteiger partial charge in [-0.3, -0.25) is 4.79 Å². The molecule has 0 radical (unpaired) electrons. The second kappa shape index (κ2) is 6.57. The maximum atomic E-state index is 12.1. The van der Waals surface area contributed by atoms with Crippen molar-refractivity contribution in [2.45, 2.75) is 18.9 Å². The Morgan fingerprint density at radius 3 is 2.62 bits per heavy atom. The normalized spacial score (nSPS) is 21.0. The van der Waals surface area contributed by atoms with Gasteiger partial charge >= 0.3 is 5.97 Å². The minimum atomic E-state index is -0.947. The Hall–Kier alpha value is -2.67. The van der Waals surface area contributed by atoms with Crippen LogP contribution in [-0.4, -0.2) is 38.7 Å². The smallest absolute Gasteiger partial charge is 0.335 e. The molecular weight excluding hydrogens is 350 g/mol. The second-order valence-electron chi connectivity index (χ2n) is 6.92. The van der Waals surface area contributed by atoms with E-state index in [1.165, 1.54) is 0 Å². The number of pyridine rings is 1. The summed E-state index contributed by atoms with van der Waals surface area (Å²) in [5.41, 5.74) is 2.18. The minimum Gasteiger partial charge on any atom is -0.478 e. The van der Waals surface area contributed by atoms with Gasteiger partial charge in [0.25, 0.3) is 5.56 Å². The molecule has 2 aromatic rings. The van der Waals surface area contributed by atoms with E-state index in [2.05, 4.69) is 10.2 Å². The second-order valence-corrected chi connectivity index (χ2v) is 7.30. The van der Waals surface area contributed by atoms with Gasteiger partial charge in [-0.25, -0.2) is 4.79 Å². The molecule has 2 bridgehead atoms. The Morgan fingerprint density at radius 1 is 1.12 bits per heavy atom. The van der Waals surface area contributed by atoms with E-state index in [-0.39, 0.29) is 11.1 Å². The topological polar surface area (TPSA) is 74.6 Å². The first-order valence-corrected chi connectivity index (χ1v) is 9.01. The summed E-state index contributed by atoms with van der Waals surface area (Å²) in [5, 5.41) is 12.8. The average molecular weight is 369 g/mol. The van der Waals surface area contributed by atoms with E-state index in [4.69, 9.17) is 17.3 Å². The largest absolute Gasteiger partial charge is 0.478 e. The highest BCUT2D eigenvalue weighted by Crippen LogP contribution is 2.35. The molecule has 6 nitrogen and oxygen atoms in total. The number of carboxylic acid groups (broad SMARTS) is 1. The zero-order valence-electron chi connectivity index (χ0n) is 14.1. The number of anilines is 1. The van der Waals surface area contributed by atoms with Gasteiger partial charge in [0.2, 0.25) is 0 Å². The van der Waals surface area contributed by atoms with Gasteiger partial charge in [-0.05, 0) is 54.9 Å². The highest BCUT2D eigenvalue weighted by molar-refractivity contribution is 7.80. The van der Waals surface area contributed by atoms with Crippen LogP contribution in [0.4, 0.5) is 5.69 Å². The Labute approximate surface area is 156 Å². The van der Waals surface area contributed by atoms with E-state index in [1.54, 1.807) is 30.3 Å². The summed E-state index contributed by atoms with van der Waals surface area (Å²) in [6.45, 7) is 2.33. The molecule has 4 rings (SSSR count). The van der Waals surface area contributed by atoms with Crippen LogP contribution in [0.1, 0.15) is 28.4 Å². The Balaban J connectivity index is 1.49. The molecule has 1 aromatic heterocycles. The molecule has 2 N–H and O–H groups in total. The van der Waals surface area contributed by atoms with E-state index in [0.717, 1.165) is 37.4 Å². The van der Waals surface area contributed by atoms with Crippen LogP contribution in [0.2, 0.25) is 0 Å². The number of carbonyl (C=O) groups is 1. The molecule has 2 aliphatic rings. The van der Waals surface area contributed by atoms with E-state index in [1.807, 2.05) is 16.7 Å². The summed E-state index contributed by atoms with van der Waals surface area (Å²) >= 11 is 5.57. The third-order valence-corrected chi connectivity index (χ3v) is 5.51. The standard InChI is InChI=1S/C19H19N3O3S/c23-17-3-1-2-16-14-8-12(10-22(16)17)9-21(11-14)19(26)20-15-6-4-13(5-7-15)18(24)25/h1-7,12,14H,8-11H2,(H,20,26)(H,24,25). The summed E-state index contributed by atoms with van der Waals surface area (Å²) in [7, 11) is 0. The van der Waals surface area contributed by atoms with Crippen molar-refractivity contribution < 1.29 is 9.90 Å². The number of aromatic nitrogens is 1. The Kier molecular flexibility index (Phi) is 4.24. The van der Waals surface area contributed by atoms with E-state index in [9.17, 15) is 9.59 Å². The fraction of sp³-hybridized carbons (Fsp3) is 0.316. The van der Waals surface area contributed by atoms with E-state index in [0.29, 0.717) is 16.9 Å². The summed E-state index contributed by atoms with van der Waals surface area (Å²) in [4.78, 5) is 25.2. The minimum absolute atomic E-state index is 0.0740. The maximum absolute atomic E-state index is 12.1. The van der Waals surface area contributed by atoms with E-state index >= 15 is 0 Å². The van der Waals surface area contributed by atoms with Crippen LogP contribution in [0, 0.1) is 5.92 Å². The fourth-order valence-electron chi connectivity index (χ4n) is 3.96. The van der Waals surface area contributed by atoms with Crippen molar-refractivity contribution in [3.8, 4) is 0 Å². The number of rotatable bonds is 2. The van der Waals surface area contributed by atoms with Crippen LogP contribution in [-0.2, 0) is 6.54 Å². The van der Waals surface area contributed by atoms with Crippen molar-refractivity contribution in [2.24, 2.45) is 5.92 Å². The highest BCUT2D eigenvalue weighted by atomic mass is 32.1. The van der Waals surface area contributed by atoms with Crippen molar-refractivity contribution >= 4 is 29.0 Å². The molecule has 1 fully saturated rings. The molecule has 1 saturated heterocycles. The lowest BCUT2D eigenvalue weighted by atomic mass is 9.83. The molecule has 7 heteroatoms. The average Bonchev–Trinajstić information content (AvgIpc) is 2.63. The van der Waals surface area contributed by atoms with Gasteiger partial charge < -0.3 is 19.9 Å². The van der Waals surface area contributed by atoms with Crippen molar-refractivity contribution in [2.75, 3.05) is 18.4 Å². The molecule has 3 heterocycles. The summed E-state index contributed by atoms with van der Waals surface area (Å²) < 4.78 is 1.90. The molecule has 1 aromatic carbocycles. The van der Waals surface area contributed by atoms with Gasteiger partial charge in [0.05, 0.1) is 5.56 Å². The molecule has 26 heavy (non-hydrogen) atoms. The van der Waals surface area contributed by atoms with Crippen LogP contribution in [0.15, 0.2) is 47.3 Å². The van der Waals surface area contributed by atoms with Gasteiger partial charge in [-0.2, -0.15) is 0 Å². The number of hydrogen-bond donors (Lipinski definition) is 2. The van der Waals surface area contributed by atoms with Gasteiger partial charge in [0.15, 0.2) is 5.11 Å². The van der Waals surface area contributed by atoms with Gasteiger partial charge in [-0.15, -0.1) is 0 Å².